The van der Waals surface area contributed by atoms with Crippen molar-refractivity contribution in [2.75, 3.05) is 37.8 Å². The number of imidazole rings is 1. The number of aliphatic hydroxyl groups excluding tert-OH is 3. The largest absolute Gasteiger partial charge is 0.790 e. The molecule has 0 radical (unpaired) electrons. The molecule has 3 rings (SSSR count). The van der Waals surface area contributed by atoms with Crippen LogP contribution < -0.4 is 35.9 Å². The number of thioether (sulfide) groups is 1. The SMILES string of the molecule is CC/C=C\C/C=C\C/C=C\C/C=C\CC[C@@H](O)CC(=O)SCCNC(=O)CCNC(=O)[C@H](O)C(C)(C)COP(=O)([O-])OP(=O)([O-])OC[C@H]1O[C@@H](n2cnc3c(N)ncnc32)[C@H](O)[C@@H]1OP(=O)([O-])[O-]. The lowest BCUT2D eigenvalue weighted by Gasteiger charge is -2.36. The normalized spacial score (nSPS) is 20.9. The van der Waals surface area contributed by atoms with Gasteiger partial charge in [-0.25, -0.2) is 19.3 Å². The Balaban J connectivity index is 1.34. The molecule has 7 N–H and O–H groups in total. The number of carbonyl (C=O) groups is 3. The molecule has 2 aromatic rings. The Morgan fingerprint density at radius 1 is 0.941 bits per heavy atom. The lowest BCUT2D eigenvalue weighted by molar-refractivity contribution is -0.347. The molecule has 1 saturated heterocycles. The van der Waals surface area contributed by atoms with Crippen LogP contribution in [0.1, 0.15) is 78.4 Å². The molecule has 1 aliphatic heterocycles. The molecular weight excluding hydrogens is 979 g/mol. The molecule has 0 bridgehead atoms. The number of nitrogens with one attached hydrogen (secondary N) is 2. The van der Waals surface area contributed by atoms with E-state index in [1.165, 1.54) is 13.8 Å². The molecule has 29 heteroatoms. The number of aromatic nitrogens is 4. The maximum Gasteiger partial charge on any atom is 0.274 e. The average Bonchev–Trinajstić information content (AvgIpc) is 3.82. The number of nitrogen functional groups attached to an aromatic ring is 1. The summed E-state index contributed by atoms with van der Waals surface area (Å²) in [5.74, 6) is -1.39. The van der Waals surface area contributed by atoms with Crippen molar-refractivity contribution in [3.05, 3.63) is 61.3 Å². The first-order valence-corrected chi connectivity index (χ1v) is 26.6. The topological polar surface area (TPSA) is 395 Å². The quantitative estimate of drug-likeness (QED) is 0.0340. The van der Waals surface area contributed by atoms with Crippen LogP contribution in [-0.2, 0) is 50.7 Å². The third-order valence-corrected chi connectivity index (χ3v) is 13.4. The number of hydrogen-bond donors (Lipinski definition) is 6. The number of phosphoric acid groups is 3. The van der Waals surface area contributed by atoms with Crippen LogP contribution in [0.15, 0.2) is 61.3 Å². The van der Waals surface area contributed by atoms with Gasteiger partial charge in [-0.05, 0) is 38.5 Å². The lowest BCUT2D eigenvalue weighted by Crippen LogP contribution is -2.46. The number of nitrogens with two attached hydrogens (primary N) is 1. The van der Waals surface area contributed by atoms with Crippen molar-refractivity contribution in [1.82, 2.24) is 30.2 Å². The van der Waals surface area contributed by atoms with E-state index < -0.39 is 90.7 Å². The van der Waals surface area contributed by atoms with Crippen molar-refractivity contribution in [1.29, 1.82) is 0 Å². The fourth-order valence-corrected chi connectivity index (χ4v) is 9.49. The first kappa shape index (κ1) is 58.8. The van der Waals surface area contributed by atoms with E-state index in [1.807, 2.05) is 12.2 Å². The second-order valence-electron chi connectivity index (χ2n) is 15.6. The smallest absolute Gasteiger partial charge is 0.274 e. The number of ether oxygens (including phenoxy) is 1. The zero-order valence-corrected chi connectivity index (χ0v) is 41.0. The summed E-state index contributed by atoms with van der Waals surface area (Å²) < 4.78 is 60.7. The highest BCUT2D eigenvalue weighted by molar-refractivity contribution is 8.13. The number of carbonyl (C=O) groups excluding carboxylic acids is 3. The molecule has 0 aromatic carbocycles. The van der Waals surface area contributed by atoms with Crippen molar-refractivity contribution < 1.29 is 85.6 Å². The van der Waals surface area contributed by atoms with Crippen LogP contribution >= 0.6 is 35.2 Å². The van der Waals surface area contributed by atoms with Crippen LogP contribution in [0.3, 0.4) is 0 Å². The highest BCUT2D eigenvalue weighted by atomic mass is 32.2. The van der Waals surface area contributed by atoms with E-state index in [4.69, 9.17) is 10.5 Å². The van der Waals surface area contributed by atoms with Crippen LogP contribution in [0.5, 0.6) is 0 Å². The first-order chi connectivity index (χ1) is 31.9. The van der Waals surface area contributed by atoms with Gasteiger partial charge < -0.3 is 74.1 Å². The third-order valence-electron chi connectivity index (χ3n) is 9.53. The number of hydrogen-bond acceptors (Lipinski definition) is 23. The monoisotopic (exact) mass is 1040 g/mol. The Labute approximate surface area is 397 Å². The van der Waals surface area contributed by atoms with Gasteiger partial charge in [0.25, 0.3) is 15.6 Å². The highest BCUT2D eigenvalue weighted by Crippen LogP contribution is 2.56. The van der Waals surface area contributed by atoms with Crippen LogP contribution in [0.2, 0.25) is 0 Å². The van der Waals surface area contributed by atoms with Crippen molar-refractivity contribution in [3.63, 3.8) is 0 Å². The second kappa shape index (κ2) is 28.4. The summed E-state index contributed by atoms with van der Waals surface area (Å²) in [6.45, 7) is 2.03. The van der Waals surface area contributed by atoms with E-state index in [2.05, 4.69) is 86.8 Å². The summed E-state index contributed by atoms with van der Waals surface area (Å²) in [6, 6.07) is 0. The van der Waals surface area contributed by atoms with Crippen LogP contribution in [0, 0.1) is 5.41 Å². The minimum Gasteiger partial charge on any atom is -0.790 e. The Hall–Kier alpha value is -3.52. The summed E-state index contributed by atoms with van der Waals surface area (Å²) in [4.78, 5) is 96.8. The number of rotatable bonds is 31. The van der Waals surface area contributed by atoms with Gasteiger partial charge in [0.05, 0.1) is 33.5 Å². The molecule has 3 heterocycles. The summed E-state index contributed by atoms with van der Waals surface area (Å²) in [5.41, 5.74) is 4.04. The molecule has 2 amide bonds. The number of phosphoric ester groups is 3. The number of fused-ring (bicyclic) bond motifs is 1. The molecule has 1 fully saturated rings. The molecule has 2 unspecified atom stereocenters. The third kappa shape index (κ3) is 21.2. The summed E-state index contributed by atoms with van der Waals surface area (Å²) in [6.07, 6.45) is 12.7. The zero-order valence-electron chi connectivity index (χ0n) is 37.5. The van der Waals surface area contributed by atoms with E-state index >= 15 is 0 Å². The lowest BCUT2D eigenvalue weighted by atomic mass is 9.87. The van der Waals surface area contributed by atoms with Gasteiger partial charge in [0.2, 0.25) is 11.8 Å². The molecule has 2 aromatic heterocycles. The van der Waals surface area contributed by atoms with Gasteiger partial charge in [-0.1, -0.05) is 81.1 Å². The standard InChI is InChI=1S/C39H62N7O18P3S/c1-4-5-6-7-8-9-10-11-12-13-14-15-16-17-27(47)22-30(49)68-21-20-41-29(48)18-19-42-37(52)34(51)39(2,3)24-61-67(58,59)64-66(56,57)60-23-28-33(63-65(53,54)55)32(50)38(62-28)46-26-45-31-35(40)43-25-44-36(31)46/h5-6,8-9,11-12,14-15,25-28,32-34,38,47,50-51H,4,7,10,13,16-24H2,1-3H3,(H,41,48)(H,42,52)(H,56,57)(H,58,59)(H2,40,43,44)(H2,53,54,55)/p-4/b6-5-,9-8-,12-11-,15-14-/t27-,28-,32-,33-,34+,38-/m1/s1. The fraction of sp³-hybridized carbons (Fsp3) is 0.590. The Kier molecular flexibility index (Phi) is 24.5. The van der Waals surface area contributed by atoms with Crippen molar-refractivity contribution in [2.45, 2.75) is 109 Å². The summed E-state index contributed by atoms with van der Waals surface area (Å²) in [5, 5.41) is 36.3. The molecule has 382 valence electrons. The van der Waals surface area contributed by atoms with E-state index in [9.17, 15) is 63.0 Å². The minimum atomic E-state index is -5.94. The van der Waals surface area contributed by atoms with Crippen LogP contribution in [0.4, 0.5) is 5.82 Å². The van der Waals surface area contributed by atoms with Crippen molar-refractivity contribution in [2.24, 2.45) is 5.41 Å². The minimum absolute atomic E-state index is 0.0271. The number of amides is 2. The molecule has 0 saturated carbocycles. The van der Waals surface area contributed by atoms with E-state index in [1.54, 1.807) is 0 Å². The van der Waals surface area contributed by atoms with E-state index in [0.29, 0.717) is 12.8 Å². The Bertz CT molecular complexity index is 2220. The summed E-state index contributed by atoms with van der Waals surface area (Å²) in [7, 11) is -17.7. The van der Waals surface area contributed by atoms with Gasteiger partial charge in [-0.2, -0.15) is 0 Å². The van der Waals surface area contributed by atoms with Gasteiger partial charge in [0, 0.05) is 37.1 Å². The molecular formula is C39H58N7O18P3S-4. The van der Waals surface area contributed by atoms with Gasteiger partial charge >= 0.3 is 0 Å². The molecule has 1 aliphatic rings. The average molecular weight is 1040 g/mol. The number of aliphatic hydroxyl groups is 3. The molecule has 0 spiro atoms. The second-order valence-corrected chi connectivity index (χ2v) is 20.9. The predicted octanol–water partition coefficient (Wildman–Crippen LogP) is 0.473. The maximum absolute atomic E-state index is 12.6. The maximum atomic E-state index is 12.6. The number of anilines is 1. The van der Waals surface area contributed by atoms with Crippen molar-refractivity contribution >= 4 is 69.1 Å². The van der Waals surface area contributed by atoms with Crippen LogP contribution in [-0.4, -0.2) is 114 Å². The molecule has 0 aliphatic carbocycles. The van der Waals surface area contributed by atoms with E-state index in [-0.39, 0.29) is 53.8 Å². The van der Waals surface area contributed by atoms with Gasteiger partial charge in [0.15, 0.2) is 22.8 Å². The zero-order chi connectivity index (χ0) is 50.5. The Morgan fingerprint density at radius 3 is 2.22 bits per heavy atom. The molecule has 8 atom stereocenters. The number of nitrogens with zero attached hydrogens (tertiary/aromatic N) is 4. The molecule has 25 nitrogen and oxygen atoms in total. The molecule has 68 heavy (non-hydrogen) atoms. The van der Waals surface area contributed by atoms with E-state index in [0.717, 1.165) is 54.7 Å². The van der Waals surface area contributed by atoms with Crippen molar-refractivity contribution in [3.8, 4) is 0 Å². The first-order valence-electron chi connectivity index (χ1n) is 21.2. The van der Waals surface area contributed by atoms with Gasteiger partial charge in [0.1, 0.15) is 36.3 Å². The summed E-state index contributed by atoms with van der Waals surface area (Å²) >= 11 is 0.952. The highest BCUT2D eigenvalue weighted by Gasteiger charge is 2.47. The van der Waals surface area contributed by atoms with Crippen LogP contribution in [0.25, 0.3) is 11.2 Å². The van der Waals surface area contributed by atoms with Gasteiger partial charge in [-0.15, -0.1) is 0 Å². The predicted molar refractivity (Wildman–Crippen MR) is 239 cm³/mol. The number of allylic oxidation sites excluding steroid dienone is 8. The fourth-order valence-electron chi connectivity index (χ4n) is 6.01. The Morgan fingerprint density at radius 2 is 1.57 bits per heavy atom. The van der Waals surface area contributed by atoms with Gasteiger partial charge in [-0.3, -0.25) is 28.1 Å².